The van der Waals surface area contributed by atoms with Crippen molar-refractivity contribution in [2.45, 2.75) is 33.3 Å². The highest BCUT2D eigenvalue weighted by Gasteiger charge is 2.01. The first-order chi connectivity index (χ1) is 14.9. The van der Waals surface area contributed by atoms with Crippen molar-refractivity contribution in [2.75, 3.05) is 0 Å². The molecular weight excluding hydrogens is 386 g/mol. The maximum Gasteiger partial charge on any atom is 0.335 e. The van der Waals surface area contributed by atoms with Gasteiger partial charge in [0, 0.05) is 12.6 Å². The average molecular weight is 414 g/mol. The van der Waals surface area contributed by atoms with E-state index in [0.29, 0.717) is 0 Å². The van der Waals surface area contributed by atoms with Crippen molar-refractivity contribution in [3.05, 3.63) is 94.5 Å². The first-order valence-corrected chi connectivity index (χ1v) is 10.3. The maximum absolute atomic E-state index is 11.0. The standard InChI is InChI=1S/C27H27NO3/c1-19(2)31-25-14-10-22(11-15-25)16-17-28-26-18-23(5-4-20(26)3)7-6-21-8-12-24(13-9-21)27(29)30/h4-15,17-19H,16H2,1-3H3,(H,29,30)/b7-6-,28-17?. The van der Waals surface area contributed by atoms with Gasteiger partial charge in [-0.15, -0.1) is 0 Å². The van der Waals surface area contributed by atoms with E-state index in [0.717, 1.165) is 34.5 Å². The summed E-state index contributed by atoms with van der Waals surface area (Å²) in [5.74, 6) is -0.0416. The fraction of sp³-hybridized carbons (Fsp3) is 0.185. The van der Waals surface area contributed by atoms with Crippen LogP contribution in [0.5, 0.6) is 5.75 Å². The predicted octanol–water partition coefficient (Wildman–Crippen LogP) is 6.60. The molecule has 0 radical (unpaired) electrons. The summed E-state index contributed by atoms with van der Waals surface area (Å²) in [7, 11) is 0. The number of aliphatic imine (C=N–C) groups is 1. The highest BCUT2D eigenvalue weighted by atomic mass is 16.5. The summed E-state index contributed by atoms with van der Waals surface area (Å²) in [6, 6.07) is 21.1. The Hall–Kier alpha value is -3.66. The van der Waals surface area contributed by atoms with Gasteiger partial charge in [0.05, 0.1) is 17.4 Å². The molecule has 0 saturated carbocycles. The normalized spacial score (nSPS) is 11.5. The topological polar surface area (TPSA) is 58.9 Å². The van der Waals surface area contributed by atoms with E-state index in [2.05, 4.69) is 23.2 Å². The van der Waals surface area contributed by atoms with Gasteiger partial charge in [-0.3, -0.25) is 4.99 Å². The Balaban J connectivity index is 1.65. The molecule has 0 aliphatic heterocycles. The molecule has 4 heteroatoms. The first kappa shape index (κ1) is 22.0. The lowest BCUT2D eigenvalue weighted by Gasteiger charge is -2.09. The van der Waals surface area contributed by atoms with Crippen LogP contribution >= 0.6 is 0 Å². The number of benzene rings is 3. The highest BCUT2D eigenvalue weighted by molar-refractivity contribution is 5.88. The van der Waals surface area contributed by atoms with Gasteiger partial charge in [-0.2, -0.15) is 0 Å². The zero-order valence-electron chi connectivity index (χ0n) is 18.1. The van der Waals surface area contributed by atoms with Crippen molar-refractivity contribution >= 4 is 30.0 Å². The smallest absolute Gasteiger partial charge is 0.335 e. The molecule has 0 aliphatic rings. The van der Waals surface area contributed by atoms with E-state index in [1.807, 2.05) is 63.4 Å². The number of ether oxygens (including phenoxy) is 1. The summed E-state index contributed by atoms with van der Waals surface area (Å²) in [4.78, 5) is 15.6. The van der Waals surface area contributed by atoms with Gasteiger partial charge >= 0.3 is 5.97 Å². The van der Waals surface area contributed by atoms with Crippen molar-refractivity contribution in [2.24, 2.45) is 4.99 Å². The van der Waals surface area contributed by atoms with Crippen molar-refractivity contribution in [3.8, 4) is 5.75 Å². The van der Waals surface area contributed by atoms with E-state index in [9.17, 15) is 4.79 Å². The number of aryl methyl sites for hydroxylation is 1. The molecule has 0 spiro atoms. The summed E-state index contributed by atoms with van der Waals surface area (Å²) in [6.07, 6.45) is 6.81. The number of hydrogen-bond donors (Lipinski definition) is 1. The SMILES string of the molecule is Cc1ccc(/C=C\c2ccc(C(=O)O)cc2)cc1N=CCc1ccc(OC(C)C)cc1. The molecule has 3 aromatic carbocycles. The Morgan fingerprint density at radius 1 is 0.968 bits per heavy atom. The van der Waals surface area contributed by atoms with E-state index in [1.165, 1.54) is 5.56 Å². The molecule has 0 atom stereocenters. The molecule has 3 aromatic rings. The molecule has 4 nitrogen and oxygen atoms in total. The summed E-state index contributed by atoms with van der Waals surface area (Å²) in [5, 5.41) is 8.99. The Bertz CT molecular complexity index is 1080. The van der Waals surface area contributed by atoms with E-state index >= 15 is 0 Å². The third-order valence-electron chi connectivity index (χ3n) is 4.71. The number of carboxylic acid groups (broad SMARTS) is 1. The molecule has 0 aromatic heterocycles. The fourth-order valence-corrected chi connectivity index (χ4v) is 3.02. The minimum atomic E-state index is -0.920. The third-order valence-corrected chi connectivity index (χ3v) is 4.71. The second-order valence-corrected chi connectivity index (χ2v) is 7.63. The number of rotatable bonds is 8. The Kier molecular flexibility index (Phi) is 7.39. The minimum Gasteiger partial charge on any atom is -0.491 e. The van der Waals surface area contributed by atoms with Crippen LogP contribution in [0.2, 0.25) is 0 Å². The Morgan fingerprint density at radius 3 is 2.26 bits per heavy atom. The molecule has 0 amide bonds. The average Bonchev–Trinajstić information content (AvgIpc) is 2.75. The summed E-state index contributed by atoms with van der Waals surface area (Å²) in [6.45, 7) is 6.07. The zero-order valence-corrected chi connectivity index (χ0v) is 18.1. The third kappa shape index (κ3) is 6.68. The van der Waals surface area contributed by atoms with Crippen LogP contribution in [0.15, 0.2) is 71.7 Å². The molecule has 0 heterocycles. The summed E-state index contributed by atoms with van der Waals surface area (Å²) in [5.41, 5.74) is 5.49. The summed E-state index contributed by atoms with van der Waals surface area (Å²) < 4.78 is 5.68. The molecule has 0 fully saturated rings. The van der Waals surface area contributed by atoms with Crippen LogP contribution in [0.25, 0.3) is 12.2 Å². The number of aromatic carboxylic acids is 1. The summed E-state index contributed by atoms with van der Waals surface area (Å²) >= 11 is 0. The Labute approximate surface area is 183 Å². The van der Waals surface area contributed by atoms with Crippen LogP contribution < -0.4 is 4.74 Å². The van der Waals surface area contributed by atoms with Gasteiger partial charge in [-0.1, -0.05) is 48.6 Å². The molecule has 3 rings (SSSR count). The van der Waals surface area contributed by atoms with Gasteiger partial charge < -0.3 is 9.84 Å². The van der Waals surface area contributed by atoms with Crippen molar-refractivity contribution < 1.29 is 14.6 Å². The lowest BCUT2D eigenvalue weighted by atomic mass is 10.1. The van der Waals surface area contributed by atoms with Gasteiger partial charge in [0.2, 0.25) is 0 Å². The second-order valence-electron chi connectivity index (χ2n) is 7.63. The van der Waals surface area contributed by atoms with Crippen LogP contribution in [-0.2, 0) is 6.42 Å². The van der Waals surface area contributed by atoms with Gasteiger partial charge in [0.25, 0.3) is 0 Å². The molecule has 0 saturated heterocycles. The zero-order chi connectivity index (χ0) is 22.2. The first-order valence-electron chi connectivity index (χ1n) is 10.3. The lowest BCUT2D eigenvalue weighted by molar-refractivity contribution is 0.0697. The molecular formula is C27H27NO3. The molecule has 0 unspecified atom stereocenters. The van der Waals surface area contributed by atoms with Crippen LogP contribution in [0, 0.1) is 6.92 Å². The molecule has 1 N–H and O–H groups in total. The van der Waals surface area contributed by atoms with E-state index < -0.39 is 5.97 Å². The number of carboxylic acids is 1. The Morgan fingerprint density at radius 2 is 1.61 bits per heavy atom. The molecule has 0 bridgehead atoms. The molecule has 158 valence electrons. The number of carbonyl (C=O) groups is 1. The highest BCUT2D eigenvalue weighted by Crippen LogP contribution is 2.22. The van der Waals surface area contributed by atoms with E-state index in [-0.39, 0.29) is 11.7 Å². The largest absolute Gasteiger partial charge is 0.491 e. The van der Waals surface area contributed by atoms with Crippen LogP contribution in [0.1, 0.15) is 46.5 Å². The van der Waals surface area contributed by atoms with E-state index in [1.54, 1.807) is 24.3 Å². The van der Waals surface area contributed by atoms with E-state index in [4.69, 9.17) is 9.84 Å². The molecule has 0 aliphatic carbocycles. The van der Waals surface area contributed by atoms with Gasteiger partial charge in [-0.05, 0) is 73.4 Å². The minimum absolute atomic E-state index is 0.167. The van der Waals surface area contributed by atoms with Gasteiger partial charge in [0.1, 0.15) is 5.75 Å². The van der Waals surface area contributed by atoms with Crippen LogP contribution in [0.3, 0.4) is 0 Å². The van der Waals surface area contributed by atoms with Gasteiger partial charge in [0.15, 0.2) is 0 Å². The second kappa shape index (κ2) is 10.4. The quantitative estimate of drug-likeness (QED) is 0.334. The predicted molar refractivity (Wildman–Crippen MR) is 128 cm³/mol. The van der Waals surface area contributed by atoms with Crippen LogP contribution in [0.4, 0.5) is 5.69 Å². The van der Waals surface area contributed by atoms with Crippen molar-refractivity contribution in [1.82, 2.24) is 0 Å². The van der Waals surface area contributed by atoms with Crippen molar-refractivity contribution in [3.63, 3.8) is 0 Å². The van der Waals surface area contributed by atoms with Gasteiger partial charge in [-0.25, -0.2) is 4.79 Å². The lowest BCUT2D eigenvalue weighted by Crippen LogP contribution is -2.05. The van der Waals surface area contributed by atoms with Crippen molar-refractivity contribution in [1.29, 1.82) is 0 Å². The fourth-order valence-electron chi connectivity index (χ4n) is 3.02. The monoisotopic (exact) mass is 413 g/mol. The number of nitrogens with zero attached hydrogens (tertiary/aromatic N) is 1. The molecule has 31 heavy (non-hydrogen) atoms. The van der Waals surface area contributed by atoms with Crippen LogP contribution in [-0.4, -0.2) is 23.4 Å². The maximum atomic E-state index is 11.0. The number of hydrogen-bond acceptors (Lipinski definition) is 3.